The molecule has 0 amide bonds. The second-order valence-electron chi connectivity index (χ2n) is 3.95. The Morgan fingerprint density at radius 3 is 3.11 bits per heavy atom. The van der Waals surface area contributed by atoms with E-state index in [0.29, 0.717) is 5.69 Å². The Morgan fingerprint density at radius 1 is 1.68 bits per heavy atom. The van der Waals surface area contributed by atoms with Crippen LogP contribution in [0.1, 0.15) is 17.3 Å². The SMILES string of the molecule is CCOC(=O)c1cnc(Cl)cc1NC1COCC1=O. The quantitative estimate of drug-likeness (QED) is 0.663. The van der Waals surface area contributed by atoms with Gasteiger partial charge < -0.3 is 14.8 Å². The molecule has 7 heteroatoms. The van der Waals surface area contributed by atoms with Crippen molar-refractivity contribution in [3.63, 3.8) is 0 Å². The van der Waals surface area contributed by atoms with E-state index in [1.165, 1.54) is 12.3 Å². The first kappa shape index (κ1) is 13.8. The minimum absolute atomic E-state index is 0.0669. The molecule has 2 rings (SSSR count). The Hall–Kier alpha value is -1.66. The number of aromatic nitrogens is 1. The minimum Gasteiger partial charge on any atom is -0.462 e. The Bertz CT molecular complexity index is 507. The van der Waals surface area contributed by atoms with Crippen molar-refractivity contribution in [2.75, 3.05) is 25.1 Å². The summed E-state index contributed by atoms with van der Waals surface area (Å²) < 4.78 is 9.96. The molecule has 6 nitrogen and oxygen atoms in total. The molecular formula is C12H13ClN2O4. The molecule has 19 heavy (non-hydrogen) atoms. The first-order valence-electron chi connectivity index (χ1n) is 5.81. The highest BCUT2D eigenvalue weighted by molar-refractivity contribution is 6.29. The van der Waals surface area contributed by atoms with Crippen molar-refractivity contribution < 1.29 is 19.1 Å². The van der Waals surface area contributed by atoms with Gasteiger partial charge in [-0.05, 0) is 13.0 Å². The monoisotopic (exact) mass is 284 g/mol. The second-order valence-corrected chi connectivity index (χ2v) is 4.34. The zero-order valence-electron chi connectivity index (χ0n) is 10.3. The molecular weight excluding hydrogens is 272 g/mol. The molecule has 1 aromatic rings. The number of nitrogens with zero attached hydrogens (tertiary/aromatic N) is 1. The Morgan fingerprint density at radius 2 is 2.47 bits per heavy atom. The Kier molecular flexibility index (Phi) is 4.34. The van der Waals surface area contributed by atoms with E-state index < -0.39 is 12.0 Å². The molecule has 0 spiro atoms. The summed E-state index contributed by atoms with van der Waals surface area (Å²) in [6.07, 6.45) is 1.32. The molecule has 1 aliphatic heterocycles. The van der Waals surface area contributed by atoms with Crippen LogP contribution in [-0.4, -0.2) is 42.6 Å². The van der Waals surface area contributed by atoms with Gasteiger partial charge in [0.25, 0.3) is 0 Å². The molecule has 0 radical (unpaired) electrons. The van der Waals surface area contributed by atoms with E-state index in [0.717, 1.165) is 0 Å². The summed E-state index contributed by atoms with van der Waals surface area (Å²) in [5.41, 5.74) is 0.660. The Labute approximate surface area is 115 Å². The van der Waals surface area contributed by atoms with E-state index in [1.807, 2.05) is 0 Å². The van der Waals surface area contributed by atoms with E-state index >= 15 is 0 Å². The van der Waals surface area contributed by atoms with Crippen molar-refractivity contribution >= 4 is 29.0 Å². The maximum Gasteiger partial charge on any atom is 0.341 e. The molecule has 0 bridgehead atoms. The highest BCUT2D eigenvalue weighted by atomic mass is 35.5. The van der Waals surface area contributed by atoms with Crippen LogP contribution < -0.4 is 5.32 Å². The fraction of sp³-hybridized carbons (Fsp3) is 0.417. The molecule has 1 aliphatic rings. The first-order valence-corrected chi connectivity index (χ1v) is 6.19. The molecule has 1 unspecified atom stereocenters. The standard InChI is InChI=1S/C12H13ClN2O4/c1-2-19-12(17)7-4-14-11(13)3-8(7)15-9-5-18-6-10(9)16/h3-4,9H,2,5-6H2,1H3,(H,14,15). The summed E-state index contributed by atoms with van der Waals surface area (Å²) in [5, 5.41) is 3.16. The van der Waals surface area contributed by atoms with Crippen LogP contribution in [0.2, 0.25) is 5.15 Å². The van der Waals surface area contributed by atoms with Crippen molar-refractivity contribution in [2.45, 2.75) is 13.0 Å². The number of hydrogen-bond acceptors (Lipinski definition) is 6. The number of halogens is 1. The number of esters is 1. The smallest absolute Gasteiger partial charge is 0.341 e. The zero-order chi connectivity index (χ0) is 13.8. The van der Waals surface area contributed by atoms with Crippen LogP contribution in [0.25, 0.3) is 0 Å². The molecule has 1 atom stereocenters. The highest BCUT2D eigenvalue weighted by Gasteiger charge is 2.27. The second kappa shape index (κ2) is 5.99. The summed E-state index contributed by atoms with van der Waals surface area (Å²) in [5.74, 6) is -0.580. The third-order valence-corrected chi connectivity index (χ3v) is 2.82. The minimum atomic E-state index is -0.513. The van der Waals surface area contributed by atoms with Gasteiger partial charge in [0, 0.05) is 6.20 Å². The van der Waals surface area contributed by atoms with E-state index in [9.17, 15) is 9.59 Å². The van der Waals surface area contributed by atoms with Crippen LogP contribution >= 0.6 is 11.6 Å². The summed E-state index contributed by atoms with van der Waals surface area (Å²) in [7, 11) is 0. The molecule has 0 aliphatic carbocycles. The lowest BCUT2D eigenvalue weighted by molar-refractivity contribution is -0.118. The molecule has 1 N–H and O–H groups in total. The molecule has 1 aromatic heterocycles. The van der Waals surface area contributed by atoms with Gasteiger partial charge in [0.05, 0.1) is 18.9 Å². The topological polar surface area (TPSA) is 77.5 Å². The van der Waals surface area contributed by atoms with Gasteiger partial charge in [-0.2, -0.15) is 0 Å². The average molecular weight is 285 g/mol. The molecule has 1 saturated heterocycles. The maximum absolute atomic E-state index is 11.8. The fourth-order valence-corrected chi connectivity index (χ4v) is 1.86. The van der Waals surface area contributed by atoms with Crippen LogP contribution in [0, 0.1) is 0 Å². The normalized spacial score (nSPS) is 18.4. The number of hydrogen-bond donors (Lipinski definition) is 1. The summed E-state index contributed by atoms with van der Waals surface area (Å²) >= 11 is 5.80. The highest BCUT2D eigenvalue weighted by Crippen LogP contribution is 2.21. The number of nitrogens with one attached hydrogen (secondary N) is 1. The van der Waals surface area contributed by atoms with Gasteiger partial charge in [-0.1, -0.05) is 11.6 Å². The third kappa shape index (κ3) is 3.21. The largest absolute Gasteiger partial charge is 0.462 e. The van der Waals surface area contributed by atoms with Crippen LogP contribution in [0.4, 0.5) is 5.69 Å². The lowest BCUT2D eigenvalue weighted by Crippen LogP contribution is -2.28. The average Bonchev–Trinajstić information content (AvgIpc) is 2.75. The van der Waals surface area contributed by atoms with Gasteiger partial charge >= 0.3 is 5.97 Å². The number of anilines is 1. The lowest BCUT2D eigenvalue weighted by Gasteiger charge is -2.14. The molecule has 0 aromatic carbocycles. The van der Waals surface area contributed by atoms with E-state index in [-0.39, 0.29) is 36.3 Å². The predicted molar refractivity (Wildman–Crippen MR) is 68.4 cm³/mol. The van der Waals surface area contributed by atoms with Crippen LogP contribution in [0.15, 0.2) is 12.3 Å². The van der Waals surface area contributed by atoms with Gasteiger partial charge in [0.2, 0.25) is 0 Å². The number of ether oxygens (including phenoxy) is 2. The van der Waals surface area contributed by atoms with Crippen molar-refractivity contribution in [1.82, 2.24) is 4.98 Å². The summed E-state index contributed by atoms with van der Waals surface area (Å²) in [6, 6.07) is 1.01. The Balaban J connectivity index is 2.24. The molecule has 1 fully saturated rings. The summed E-state index contributed by atoms with van der Waals surface area (Å²) in [6.45, 7) is 2.31. The summed E-state index contributed by atoms with van der Waals surface area (Å²) in [4.78, 5) is 27.1. The van der Waals surface area contributed by atoms with E-state index in [2.05, 4.69) is 10.3 Å². The van der Waals surface area contributed by atoms with Crippen molar-refractivity contribution in [1.29, 1.82) is 0 Å². The number of ketones is 1. The zero-order valence-corrected chi connectivity index (χ0v) is 11.1. The number of carbonyl (C=O) groups excluding carboxylic acids is 2. The van der Waals surface area contributed by atoms with Crippen LogP contribution in [0.5, 0.6) is 0 Å². The third-order valence-electron chi connectivity index (χ3n) is 2.61. The molecule has 0 saturated carbocycles. The molecule has 2 heterocycles. The van der Waals surface area contributed by atoms with Gasteiger partial charge in [0.1, 0.15) is 23.4 Å². The van der Waals surface area contributed by atoms with E-state index in [1.54, 1.807) is 6.92 Å². The van der Waals surface area contributed by atoms with Gasteiger partial charge in [-0.3, -0.25) is 4.79 Å². The van der Waals surface area contributed by atoms with Crippen LogP contribution in [-0.2, 0) is 14.3 Å². The number of carbonyl (C=O) groups is 2. The number of Topliss-reactive ketones (excluding diaryl/α,β-unsaturated/α-hetero) is 1. The maximum atomic E-state index is 11.8. The van der Waals surface area contributed by atoms with Gasteiger partial charge in [0.15, 0.2) is 5.78 Å². The van der Waals surface area contributed by atoms with Gasteiger partial charge in [-0.25, -0.2) is 9.78 Å². The first-order chi connectivity index (χ1) is 9.11. The number of pyridine rings is 1. The van der Waals surface area contributed by atoms with Crippen molar-refractivity contribution in [3.05, 3.63) is 23.0 Å². The lowest BCUT2D eigenvalue weighted by atomic mass is 10.2. The molecule has 102 valence electrons. The predicted octanol–water partition coefficient (Wildman–Crippen LogP) is 1.29. The van der Waals surface area contributed by atoms with Crippen molar-refractivity contribution in [2.24, 2.45) is 0 Å². The van der Waals surface area contributed by atoms with E-state index in [4.69, 9.17) is 21.1 Å². The van der Waals surface area contributed by atoms with Crippen molar-refractivity contribution in [3.8, 4) is 0 Å². The van der Waals surface area contributed by atoms with Crippen LogP contribution in [0.3, 0.4) is 0 Å². The fourth-order valence-electron chi connectivity index (χ4n) is 1.70. The van der Waals surface area contributed by atoms with Gasteiger partial charge in [-0.15, -0.1) is 0 Å². The number of rotatable bonds is 4.